The predicted molar refractivity (Wildman–Crippen MR) is 105 cm³/mol. The maximum atomic E-state index is 11.4. The topological polar surface area (TPSA) is 161 Å². The first-order valence-corrected chi connectivity index (χ1v) is 8.03. The summed E-state index contributed by atoms with van der Waals surface area (Å²) in [7, 11) is 5.07. The van der Waals surface area contributed by atoms with Crippen molar-refractivity contribution in [1.82, 2.24) is 19.1 Å². The van der Waals surface area contributed by atoms with E-state index in [2.05, 4.69) is 14.7 Å². The van der Waals surface area contributed by atoms with Gasteiger partial charge in [-0.25, -0.2) is 9.59 Å². The second-order valence-electron chi connectivity index (χ2n) is 5.89. The Kier molecular flexibility index (Phi) is 9.96. The summed E-state index contributed by atoms with van der Waals surface area (Å²) in [5, 5.41) is 10.4. The first kappa shape index (κ1) is 26.8. The summed E-state index contributed by atoms with van der Waals surface area (Å²) in [5.41, 5.74) is 2.71. The Bertz CT molecular complexity index is 1150. The van der Waals surface area contributed by atoms with Gasteiger partial charge in [-0.1, -0.05) is 0 Å². The second kappa shape index (κ2) is 11.1. The van der Waals surface area contributed by atoms with Crippen LogP contribution in [0.25, 0.3) is 21.8 Å². The Morgan fingerprint density at radius 3 is 1.80 bits per heavy atom. The molecule has 4 N–H and O–H groups in total. The molecule has 0 atom stereocenters. The molecule has 0 bridgehead atoms. The summed E-state index contributed by atoms with van der Waals surface area (Å²) < 4.78 is 8.33. The van der Waals surface area contributed by atoms with Crippen LogP contribution in [0.4, 0.5) is 0 Å². The molecule has 0 unspecified atom stereocenters. The van der Waals surface area contributed by atoms with Crippen molar-refractivity contribution >= 4 is 33.7 Å². The van der Waals surface area contributed by atoms with Gasteiger partial charge in [0.1, 0.15) is 0 Å². The van der Waals surface area contributed by atoms with Gasteiger partial charge in [0.25, 0.3) is 0 Å². The van der Waals surface area contributed by atoms with Crippen LogP contribution < -0.4 is 18.9 Å². The number of hydrogen-bond acceptors (Lipinski definition) is 6. The molecule has 4 rings (SSSR count). The molecule has 4 heterocycles. The number of methoxy groups -OCH3 is 1. The van der Waals surface area contributed by atoms with E-state index in [0.29, 0.717) is 16.5 Å². The van der Waals surface area contributed by atoms with Crippen LogP contribution in [0.3, 0.4) is 0 Å². The van der Waals surface area contributed by atoms with Crippen molar-refractivity contribution in [1.29, 1.82) is 0 Å². The first-order valence-electron chi connectivity index (χ1n) is 8.03. The molecule has 0 saturated carbocycles. The van der Waals surface area contributed by atoms with Crippen LogP contribution in [-0.4, -0.2) is 54.2 Å². The Morgan fingerprint density at radius 2 is 1.37 bits per heavy atom. The predicted octanol–water partition coefficient (Wildman–Crippen LogP) is -1.37. The fraction of sp³-hybridized carbons (Fsp3) is 0.158. The van der Waals surface area contributed by atoms with Crippen molar-refractivity contribution in [3.8, 4) is 0 Å². The summed E-state index contributed by atoms with van der Waals surface area (Å²) in [6, 6.07) is 3.66. The van der Waals surface area contributed by atoms with Crippen molar-refractivity contribution < 1.29 is 49.2 Å². The summed E-state index contributed by atoms with van der Waals surface area (Å²) in [5.74, 6) is -1.25. The van der Waals surface area contributed by atoms with E-state index in [1.165, 1.54) is 7.11 Å². The number of carboxylic acids is 1. The minimum atomic E-state index is -0.918. The molecule has 0 fully saturated rings. The molecule has 0 aromatic carbocycles. The largest absolute Gasteiger partial charge is 1.00 e. The van der Waals surface area contributed by atoms with Crippen LogP contribution in [0.1, 0.15) is 20.7 Å². The van der Waals surface area contributed by atoms with E-state index in [9.17, 15) is 9.59 Å². The van der Waals surface area contributed by atoms with Gasteiger partial charge in [-0.3, -0.25) is 9.97 Å². The summed E-state index contributed by atoms with van der Waals surface area (Å²) >= 11 is 0. The molecule has 11 heteroatoms. The van der Waals surface area contributed by atoms with E-state index in [-0.39, 0.29) is 35.8 Å². The van der Waals surface area contributed by atoms with Gasteiger partial charge in [0.2, 0.25) is 0 Å². The minimum absolute atomic E-state index is 0. The van der Waals surface area contributed by atoms with E-state index in [0.717, 1.165) is 16.4 Å². The number of carbonyl (C=O) groups is 2. The van der Waals surface area contributed by atoms with E-state index in [4.69, 9.17) is 5.11 Å². The summed E-state index contributed by atoms with van der Waals surface area (Å²) in [6.45, 7) is 0. The Balaban J connectivity index is 0.000000511. The number of fused-ring (bicyclic) bond motifs is 2. The second-order valence-corrected chi connectivity index (χ2v) is 5.89. The molecule has 0 spiro atoms. The molecule has 0 aliphatic heterocycles. The van der Waals surface area contributed by atoms with Gasteiger partial charge in [0, 0.05) is 62.0 Å². The number of carbonyl (C=O) groups excluding carboxylic acids is 1. The smallest absolute Gasteiger partial charge is 0.870 e. The Labute approximate surface area is 183 Å². The van der Waals surface area contributed by atoms with E-state index >= 15 is 0 Å². The molecule has 4 aromatic heterocycles. The monoisotopic (exact) mass is 408 g/mol. The SMILES string of the molecule is COC(=O)c1cn(C)c2ccncc12.Cn1cc(C(=O)O)c2cnccc21.O.[Li+].[OH-]. The van der Waals surface area contributed by atoms with Crippen LogP contribution in [0.5, 0.6) is 0 Å². The average molecular weight is 408 g/mol. The van der Waals surface area contributed by atoms with Crippen molar-refractivity contribution in [2.45, 2.75) is 0 Å². The number of nitrogens with zero attached hydrogens (tertiary/aromatic N) is 4. The zero-order chi connectivity index (χ0) is 19.6. The van der Waals surface area contributed by atoms with Crippen molar-refractivity contribution in [2.24, 2.45) is 14.1 Å². The molecule has 0 radical (unpaired) electrons. The van der Waals surface area contributed by atoms with Gasteiger partial charge < -0.3 is 29.9 Å². The molecule has 0 aliphatic rings. The van der Waals surface area contributed by atoms with Gasteiger partial charge in [0.15, 0.2) is 0 Å². The third kappa shape index (κ3) is 5.06. The number of carboxylic acid groups (broad SMARTS) is 1. The molecule has 0 saturated heterocycles. The van der Waals surface area contributed by atoms with Crippen LogP contribution in [0, 0.1) is 0 Å². The fourth-order valence-electron chi connectivity index (χ4n) is 2.91. The van der Waals surface area contributed by atoms with Gasteiger partial charge in [-0.2, -0.15) is 0 Å². The number of aryl methyl sites for hydroxylation is 2. The number of ether oxygens (including phenoxy) is 1. The zero-order valence-corrected chi connectivity index (χ0v) is 17.0. The molecule has 154 valence electrons. The van der Waals surface area contributed by atoms with Gasteiger partial charge in [-0.05, 0) is 12.1 Å². The van der Waals surface area contributed by atoms with Crippen molar-refractivity contribution in [3.05, 3.63) is 60.4 Å². The number of hydrogen-bond donors (Lipinski definition) is 1. The third-order valence-corrected chi connectivity index (χ3v) is 4.22. The van der Waals surface area contributed by atoms with E-state index in [1.807, 2.05) is 24.7 Å². The van der Waals surface area contributed by atoms with E-state index in [1.54, 1.807) is 47.8 Å². The number of aromatic carboxylic acids is 1. The average Bonchev–Trinajstić information content (AvgIpc) is 3.20. The zero-order valence-electron chi connectivity index (χ0n) is 17.0. The number of esters is 1. The van der Waals surface area contributed by atoms with Gasteiger partial charge >= 0.3 is 30.8 Å². The number of aromatic nitrogens is 4. The first-order chi connectivity index (χ1) is 12.9. The standard InChI is InChI=1S/C10H10N2O2.C9H8N2O2.Li.2H2O/c1-12-6-8(10(13)14-2)7-5-11-4-3-9(7)12;1-11-5-7(9(12)13)6-4-10-3-2-8(6)11;;;/h3-6H,1-2H3;2-5H,1H3,(H,12,13);;2*1H2/q;;+1;;/p-1. The van der Waals surface area contributed by atoms with Crippen molar-refractivity contribution in [2.75, 3.05) is 7.11 Å². The maximum absolute atomic E-state index is 11.4. The number of rotatable bonds is 2. The molecular weight excluding hydrogens is 387 g/mol. The third-order valence-electron chi connectivity index (χ3n) is 4.22. The van der Waals surface area contributed by atoms with Crippen LogP contribution in [0.15, 0.2) is 49.3 Å². The maximum Gasteiger partial charge on any atom is 1.00 e. The fourth-order valence-corrected chi connectivity index (χ4v) is 2.91. The Hall–Kier alpha value is -3.16. The van der Waals surface area contributed by atoms with Crippen LogP contribution in [0.2, 0.25) is 0 Å². The minimum Gasteiger partial charge on any atom is -0.870 e. The van der Waals surface area contributed by atoms with Crippen molar-refractivity contribution in [3.63, 3.8) is 0 Å². The molecule has 0 aliphatic carbocycles. The van der Waals surface area contributed by atoms with E-state index < -0.39 is 5.97 Å². The van der Waals surface area contributed by atoms with Crippen LogP contribution in [-0.2, 0) is 18.8 Å². The Morgan fingerprint density at radius 1 is 0.933 bits per heavy atom. The molecule has 10 nitrogen and oxygen atoms in total. The molecule has 4 aromatic rings. The van der Waals surface area contributed by atoms with Gasteiger partial charge in [0.05, 0.1) is 29.3 Å². The molecule has 0 amide bonds. The summed E-state index contributed by atoms with van der Waals surface area (Å²) in [6.07, 6.45) is 9.92. The quantitative estimate of drug-likeness (QED) is 0.316. The summed E-state index contributed by atoms with van der Waals surface area (Å²) in [4.78, 5) is 30.0. The van der Waals surface area contributed by atoms with Crippen LogP contribution >= 0.6 is 0 Å². The normalized spacial score (nSPS) is 9.43. The van der Waals surface area contributed by atoms with Gasteiger partial charge in [-0.15, -0.1) is 0 Å². The molecular formula is C19H21LiN4O6. The number of pyridine rings is 2. The molecule has 30 heavy (non-hydrogen) atoms.